The SMILES string of the molecule is CCCCC/C=C/C=C/C=C/C=C/CCCCCCCC(=O)OC(CCCCCCCCCCCCCCCC)CC(=O)NC(CO)C(O)CCCCCCCCCCCCCCCCCC. The molecule has 0 aromatic heterocycles. The summed E-state index contributed by atoms with van der Waals surface area (Å²) in [5.41, 5.74) is 0. The molecule has 0 bridgehead atoms. The lowest BCUT2D eigenvalue weighted by Crippen LogP contribution is -2.46. The lowest BCUT2D eigenvalue weighted by molar-refractivity contribution is -0.151. The van der Waals surface area contributed by atoms with E-state index in [-0.39, 0.29) is 24.9 Å². The van der Waals surface area contributed by atoms with Crippen LogP contribution in [0.2, 0.25) is 0 Å². The maximum absolute atomic E-state index is 13.3. The van der Waals surface area contributed by atoms with Crippen LogP contribution in [0, 0.1) is 0 Å². The topological polar surface area (TPSA) is 95.9 Å². The number of esters is 1. The first-order valence-electron chi connectivity index (χ1n) is 29.4. The van der Waals surface area contributed by atoms with E-state index >= 15 is 0 Å². The van der Waals surface area contributed by atoms with Crippen LogP contribution in [0.15, 0.2) is 48.6 Å². The van der Waals surface area contributed by atoms with E-state index in [2.05, 4.69) is 74.7 Å². The van der Waals surface area contributed by atoms with Crippen molar-refractivity contribution in [1.29, 1.82) is 0 Å². The predicted molar refractivity (Wildman–Crippen MR) is 292 cm³/mol. The summed E-state index contributed by atoms with van der Waals surface area (Å²) in [6.07, 6.45) is 67.4. The molecular formula is C61H113NO5. The summed E-state index contributed by atoms with van der Waals surface area (Å²) in [5.74, 6) is -0.485. The van der Waals surface area contributed by atoms with Crippen molar-refractivity contribution in [2.45, 2.75) is 322 Å². The third kappa shape index (κ3) is 50.0. The van der Waals surface area contributed by atoms with Gasteiger partial charge in [-0.3, -0.25) is 9.59 Å². The molecule has 3 unspecified atom stereocenters. The van der Waals surface area contributed by atoms with E-state index < -0.39 is 18.2 Å². The van der Waals surface area contributed by atoms with Gasteiger partial charge in [0, 0.05) is 6.42 Å². The molecule has 392 valence electrons. The normalized spacial score (nSPS) is 13.4. The zero-order valence-electron chi connectivity index (χ0n) is 44.8. The smallest absolute Gasteiger partial charge is 0.306 e. The van der Waals surface area contributed by atoms with Crippen molar-refractivity contribution in [1.82, 2.24) is 5.32 Å². The van der Waals surface area contributed by atoms with E-state index in [1.165, 1.54) is 186 Å². The number of ether oxygens (including phenoxy) is 1. The van der Waals surface area contributed by atoms with Crippen molar-refractivity contribution >= 4 is 11.9 Å². The van der Waals surface area contributed by atoms with Gasteiger partial charge in [0.25, 0.3) is 0 Å². The molecule has 0 aromatic rings. The van der Waals surface area contributed by atoms with E-state index in [1.807, 2.05) is 0 Å². The molecule has 3 N–H and O–H groups in total. The van der Waals surface area contributed by atoms with Crippen molar-refractivity contribution in [2.75, 3.05) is 6.61 Å². The van der Waals surface area contributed by atoms with Gasteiger partial charge in [0.05, 0.1) is 25.2 Å². The van der Waals surface area contributed by atoms with E-state index in [4.69, 9.17) is 4.74 Å². The number of aliphatic hydroxyl groups is 2. The lowest BCUT2D eigenvalue weighted by Gasteiger charge is -2.24. The van der Waals surface area contributed by atoms with Gasteiger partial charge in [-0.1, -0.05) is 288 Å². The average molecular weight is 941 g/mol. The van der Waals surface area contributed by atoms with E-state index in [1.54, 1.807) is 0 Å². The van der Waals surface area contributed by atoms with Crippen LogP contribution in [0.3, 0.4) is 0 Å². The average Bonchev–Trinajstić information content (AvgIpc) is 3.32. The fourth-order valence-corrected chi connectivity index (χ4v) is 9.03. The second-order valence-electron chi connectivity index (χ2n) is 20.1. The van der Waals surface area contributed by atoms with Crippen LogP contribution in [0.1, 0.15) is 303 Å². The molecule has 0 aliphatic rings. The first kappa shape index (κ1) is 64.8. The summed E-state index contributed by atoms with van der Waals surface area (Å²) in [5, 5.41) is 23.9. The minimum Gasteiger partial charge on any atom is -0.462 e. The monoisotopic (exact) mass is 940 g/mol. The van der Waals surface area contributed by atoms with Crippen molar-refractivity contribution in [3.05, 3.63) is 48.6 Å². The van der Waals surface area contributed by atoms with Gasteiger partial charge in [0.15, 0.2) is 0 Å². The molecule has 3 atom stereocenters. The third-order valence-corrected chi connectivity index (χ3v) is 13.5. The van der Waals surface area contributed by atoms with Crippen molar-refractivity contribution in [3.8, 4) is 0 Å². The first-order valence-corrected chi connectivity index (χ1v) is 29.4. The van der Waals surface area contributed by atoms with Crippen molar-refractivity contribution in [3.63, 3.8) is 0 Å². The lowest BCUT2D eigenvalue weighted by atomic mass is 10.0. The fourth-order valence-electron chi connectivity index (χ4n) is 9.03. The highest BCUT2D eigenvalue weighted by atomic mass is 16.5. The largest absolute Gasteiger partial charge is 0.462 e. The number of aliphatic hydroxyl groups excluding tert-OH is 2. The minimum absolute atomic E-state index is 0.0711. The van der Waals surface area contributed by atoms with Crippen LogP contribution in [0.4, 0.5) is 0 Å². The Morgan fingerprint density at radius 3 is 1.18 bits per heavy atom. The number of nitrogens with one attached hydrogen (secondary N) is 1. The molecule has 1 amide bonds. The molecular weight excluding hydrogens is 827 g/mol. The maximum atomic E-state index is 13.3. The molecule has 6 heteroatoms. The van der Waals surface area contributed by atoms with Gasteiger partial charge >= 0.3 is 5.97 Å². The van der Waals surface area contributed by atoms with Crippen LogP contribution >= 0.6 is 0 Å². The molecule has 0 aliphatic carbocycles. The molecule has 0 rings (SSSR count). The van der Waals surface area contributed by atoms with Crippen molar-refractivity contribution < 1.29 is 24.5 Å². The summed E-state index contributed by atoms with van der Waals surface area (Å²) >= 11 is 0. The second kappa shape index (κ2) is 54.8. The Morgan fingerprint density at radius 2 is 0.761 bits per heavy atom. The van der Waals surface area contributed by atoms with Crippen LogP contribution < -0.4 is 5.32 Å². The first-order chi connectivity index (χ1) is 33.0. The van der Waals surface area contributed by atoms with Crippen LogP contribution in [0.5, 0.6) is 0 Å². The zero-order chi connectivity index (χ0) is 48.8. The highest BCUT2D eigenvalue weighted by Crippen LogP contribution is 2.19. The maximum Gasteiger partial charge on any atom is 0.306 e. The Hall–Kier alpha value is -2.18. The summed E-state index contributed by atoms with van der Waals surface area (Å²) in [4.78, 5) is 26.3. The summed E-state index contributed by atoms with van der Waals surface area (Å²) in [6, 6.07) is -0.706. The molecule has 0 spiro atoms. The van der Waals surface area contributed by atoms with E-state index in [9.17, 15) is 19.8 Å². The van der Waals surface area contributed by atoms with Gasteiger partial charge in [-0.2, -0.15) is 0 Å². The number of allylic oxidation sites excluding steroid dienone is 8. The van der Waals surface area contributed by atoms with Gasteiger partial charge in [-0.25, -0.2) is 0 Å². The molecule has 0 heterocycles. The molecule has 0 aromatic carbocycles. The van der Waals surface area contributed by atoms with Crippen molar-refractivity contribution in [2.24, 2.45) is 0 Å². The number of amides is 1. The zero-order valence-corrected chi connectivity index (χ0v) is 44.8. The number of carbonyl (C=O) groups is 2. The Morgan fingerprint density at radius 1 is 0.433 bits per heavy atom. The number of carbonyl (C=O) groups excluding carboxylic acids is 2. The summed E-state index contributed by atoms with van der Waals surface area (Å²) in [6.45, 7) is 6.48. The standard InChI is InChI=1S/C61H113NO5/c1-4-7-10-13-16-19-22-25-28-30-31-33-36-39-42-45-48-51-54-61(66)67-57(52-49-46-43-40-37-34-27-24-21-18-15-12-9-6-3)55-60(65)62-58(56-63)59(64)53-50-47-44-41-38-35-32-29-26-23-20-17-14-11-8-5-2/h16,19,22,25,28,30-31,33,57-59,63-64H,4-15,17-18,20-21,23-24,26-27,29,32,34-56H2,1-3H3,(H,62,65)/b19-16+,25-22+,30-28+,33-31+. The highest BCUT2D eigenvalue weighted by Gasteiger charge is 2.24. The van der Waals surface area contributed by atoms with Gasteiger partial charge in [-0.05, 0) is 51.4 Å². The molecule has 67 heavy (non-hydrogen) atoms. The second-order valence-corrected chi connectivity index (χ2v) is 20.1. The number of hydrogen-bond acceptors (Lipinski definition) is 5. The minimum atomic E-state index is -0.792. The quantitative estimate of drug-likeness (QED) is 0.0321. The van der Waals surface area contributed by atoms with Crippen LogP contribution in [-0.2, 0) is 14.3 Å². The Bertz CT molecular complexity index is 1150. The van der Waals surface area contributed by atoms with E-state index in [0.29, 0.717) is 19.3 Å². The molecule has 6 nitrogen and oxygen atoms in total. The van der Waals surface area contributed by atoms with Crippen LogP contribution in [0.25, 0.3) is 0 Å². The van der Waals surface area contributed by atoms with Crippen LogP contribution in [-0.4, -0.2) is 46.9 Å². The Balaban J connectivity index is 4.56. The van der Waals surface area contributed by atoms with Gasteiger partial charge < -0.3 is 20.3 Å². The molecule has 0 aliphatic heterocycles. The van der Waals surface area contributed by atoms with Gasteiger partial charge in [0.2, 0.25) is 5.91 Å². The predicted octanol–water partition coefficient (Wildman–Crippen LogP) is 18.2. The Labute approximate surface area is 416 Å². The fraction of sp³-hybridized carbons (Fsp3) is 0.836. The summed E-state index contributed by atoms with van der Waals surface area (Å²) in [7, 11) is 0. The van der Waals surface area contributed by atoms with Gasteiger partial charge in [-0.15, -0.1) is 0 Å². The van der Waals surface area contributed by atoms with Gasteiger partial charge in [0.1, 0.15) is 6.10 Å². The molecule has 0 saturated carbocycles. The Kier molecular flexibility index (Phi) is 53.0. The van der Waals surface area contributed by atoms with E-state index in [0.717, 1.165) is 70.6 Å². The molecule has 0 fully saturated rings. The number of unbranched alkanes of at least 4 members (excludes halogenated alkanes) is 36. The highest BCUT2D eigenvalue weighted by molar-refractivity contribution is 5.77. The number of rotatable bonds is 53. The molecule has 0 saturated heterocycles. The third-order valence-electron chi connectivity index (χ3n) is 13.5. The molecule has 0 radical (unpaired) electrons. The summed E-state index contributed by atoms with van der Waals surface area (Å²) < 4.78 is 5.96. The number of hydrogen-bond donors (Lipinski definition) is 3.